The van der Waals surface area contributed by atoms with Crippen molar-refractivity contribution in [1.29, 1.82) is 0 Å². The van der Waals surface area contributed by atoms with Crippen LogP contribution in [0.2, 0.25) is 5.02 Å². The second kappa shape index (κ2) is 7.45. The van der Waals surface area contributed by atoms with Gasteiger partial charge in [0.25, 0.3) is 0 Å². The number of methoxy groups -OCH3 is 1. The van der Waals surface area contributed by atoms with E-state index in [9.17, 15) is 9.59 Å². The standard InChI is InChI=1S/C17H20ClNO3/c1-22-16(21)17(10-3-2-4-11-17)19-15(20)9-8-13-6-5-7-14(18)12-13/h5-9,12H,2-4,10-11H2,1H3,(H,19,20)/b9-8+. The molecule has 0 atom stereocenters. The van der Waals surface area contributed by atoms with E-state index in [1.54, 1.807) is 18.2 Å². The first-order valence-corrected chi connectivity index (χ1v) is 7.78. The fraction of sp³-hybridized carbons (Fsp3) is 0.412. The summed E-state index contributed by atoms with van der Waals surface area (Å²) in [4.78, 5) is 24.2. The van der Waals surface area contributed by atoms with Gasteiger partial charge in [-0.3, -0.25) is 4.79 Å². The summed E-state index contributed by atoms with van der Waals surface area (Å²) in [5.74, 6) is -0.663. The molecule has 1 aromatic carbocycles. The molecule has 22 heavy (non-hydrogen) atoms. The first-order chi connectivity index (χ1) is 10.6. The van der Waals surface area contributed by atoms with Crippen LogP contribution in [0, 0.1) is 0 Å². The second-order valence-corrected chi connectivity index (χ2v) is 5.95. The van der Waals surface area contributed by atoms with E-state index in [4.69, 9.17) is 16.3 Å². The highest BCUT2D eigenvalue weighted by Crippen LogP contribution is 2.29. The number of hydrogen-bond acceptors (Lipinski definition) is 3. The summed E-state index contributed by atoms with van der Waals surface area (Å²) in [5, 5.41) is 3.45. The Kier molecular flexibility index (Phi) is 5.61. The van der Waals surface area contributed by atoms with Gasteiger partial charge in [-0.1, -0.05) is 43.0 Å². The molecule has 1 N–H and O–H groups in total. The van der Waals surface area contributed by atoms with Gasteiger partial charge in [-0.25, -0.2) is 4.79 Å². The van der Waals surface area contributed by atoms with Crippen molar-refractivity contribution >= 4 is 29.6 Å². The van der Waals surface area contributed by atoms with Crippen LogP contribution in [-0.2, 0) is 14.3 Å². The molecule has 0 bridgehead atoms. The molecule has 0 aliphatic heterocycles. The smallest absolute Gasteiger partial charge is 0.331 e. The predicted molar refractivity (Wildman–Crippen MR) is 86.5 cm³/mol. The third-order valence-corrected chi connectivity index (χ3v) is 4.16. The molecule has 1 aromatic rings. The molecule has 0 aromatic heterocycles. The quantitative estimate of drug-likeness (QED) is 0.683. The molecule has 1 amide bonds. The summed E-state index contributed by atoms with van der Waals surface area (Å²) in [6.45, 7) is 0. The minimum Gasteiger partial charge on any atom is -0.467 e. The van der Waals surface area contributed by atoms with Crippen LogP contribution in [0.5, 0.6) is 0 Å². The zero-order chi connectivity index (χ0) is 16.0. The molecule has 5 heteroatoms. The topological polar surface area (TPSA) is 55.4 Å². The van der Waals surface area contributed by atoms with Crippen molar-refractivity contribution in [2.75, 3.05) is 7.11 Å². The average Bonchev–Trinajstić information content (AvgIpc) is 2.53. The number of esters is 1. The summed E-state index contributed by atoms with van der Waals surface area (Å²) in [6.07, 6.45) is 7.24. The summed E-state index contributed by atoms with van der Waals surface area (Å²) in [5.41, 5.74) is -0.0543. The van der Waals surface area contributed by atoms with Crippen LogP contribution in [-0.4, -0.2) is 24.5 Å². The SMILES string of the molecule is COC(=O)C1(NC(=O)/C=C/c2cccc(Cl)c2)CCCCC1. The molecule has 118 valence electrons. The molecule has 0 heterocycles. The zero-order valence-corrected chi connectivity index (χ0v) is 13.4. The highest BCUT2D eigenvalue weighted by molar-refractivity contribution is 6.30. The molecule has 0 radical (unpaired) electrons. The van der Waals surface area contributed by atoms with Crippen LogP contribution in [0.4, 0.5) is 0 Å². The number of rotatable bonds is 4. The lowest BCUT2D eigenvalue weighted by atomic mass is 9.81. The second-order valence-electron chi connectivity index (χ2n) is 5.51. The molecular weight excluding hydrogens is 302 g/mol. The van der Waals surface area contributed by atoms with Gasteiger partial charge in [0.2, 0.25) is 5.91 Å². The van der Waals surface area contributed by atoms with Crippen molar-refractivity contribution in [3.05, 3.63) is 40.9 Å². The van der Waals surface area contributed by atoms with Gasteiger partial charge >= 0.3 is 5.97 Å². The normalized spacial score (nSPS) is 17.2. The highest BCUT2D eigenvalue weighted by Gasteiger charge is 2.41. The molecule has 2 rings (SSSR count). The monoisotopic (exact) mass is 321 g/mol. The largest absolute Gasteiger partial charge is 0.467 e. The van der Waals surface area contributed by atoms with Crippen molar-refractivity contribution in [2.24, 2.45) is 0 Å². The Labute approximate surface area is 135 Å². The van der Waals surface area contributed by atoms with Crippen LogP contribution >= 0.6 is 11.6 Å². The first-order valence-electron chi connectivity index (χ1n) is 7.40. The van der Waals surface area contributed by atoms with Crippen LogP contribution in [0.25, 0.3) is 6.08 Å². The van der Waals surface area contributed by atoms with Gasteiger partial charge in [0, 0.05) is 11.1 Å². The van der Waals surface area contributed by atoms with Crippen molar-refractivity contribution in [2.45, 2.75) is 37.6 Å². The van der Waals surface area contributed by atoms with Crippen molar-refractivity contribution < 1.29 is 14.3 Å². The first kappa shape index (κ1) is 16.6. The molecule has 0 unspecified atom stereocenters. The van der Waals surface area contributed by atoms with Crippen molar-refractivity contribution in [3.8, 4) is 0 Å². The van der Waals surface area contributed by atoms with Gasteiger partial charge in [0.15, 0.2) is 0 Å². The number of amides is 1. The molecule has 0 spiro atoms. The van der Waals surface area contributed by atoms with Crippen LogP contribution in [0.3, 0.4) is 0 Å². The Morgan fingerprint density at radius 3 is 2.64 bits per heavy atom. The lowest BCUT2D eigenvalue weighted by Gasteiger charge is -2.34. The Morgan fingerprint density at radius 1 is 1.27 bits per heavy atom. The van der Waals surface area contributed by atoms with Gasteiger partial charge in [-0.15, -0.1) is 0 Å². The van der Waals surface area contributed by atoms with E-state index in [0.717, 1.165) is 24.8 Å². The van der Waals surface area contributed by atoms with Crippen LogP contribution in [0.15, 0.2) is 30.3 Å². The number of benzene rings is 1. The number of halogens is 1. The van der Waals surface area contributed by atoms with E-state index >= 15 is 0 Å². The molecule has 1 fully saturated rings. The van der Waals surface area contributed by atoms with Gasteiger partial charge in [0.05, 0.1) is 7.11 Å². The van der Waals surface area contributed by atoms with Gasteiger partial charge in [0.1, 0.15) is 5.54 Å². The minimum absolute atomic E-state index is 0.299. The molecule has 4 nitrogen and oxygen atoms in total. The number of hydrogen-bond donors (Lipinski definition) is 1. The maximum absolute atomic E-state index is 12.2. The summed E-state index contributed by atoms with van der Waals surface area (Å²) < 4.78 is 4.88. The van der Waals surface area contributed by atoms with Crippen molar-refractivity contribution in [1.82, 2.24) is 5.32 Å². The Hall–Kier alpha value is -1.81. The Balaban J connectivity index is 2.06. The Morgan fingerprint density at radius 2 is 2.00 bits per heavy atom. The molecular formula is C17H20ClNO3. The fourth-order valence-corrected chi connectivity index (χ4v) is 2.99. The summed E-state index contributed by atoms with van der Waals surface area (Å²) >= 11 is 5.90. The molecule has 1 aliphatic rings. The lowest BCUT2D eigenvalue weighted by molar-refractivity contribution is -0.152. The third-order valence-electron chi connectivity index (χ3n) is 3.92. The van der Waals surface area contributed by atoms with E-state index < -0.39 is 5.54 Å². The fourth-order valence-electron chi connectivity index (χ4n) is 2.79. The molecule has 1 saturated carbocycles. The molecule has 1 aliphatic carbocycles. The highest BCUT2D eigenvalue weighted by atomic mass is 35.5. The van der Waals surface area contributed by atoms with Crippen molar-refractivity contribution in [3.63, 3.8) is 0 Å². The van der Waals surface area contributed by atoms with E-state index in [0.29, 0.717) is 17.9 Å². The summed E-state index contributed by atoms with van der Waals surface area (Å²) in [7, 11) is 1.35. The average molecular weight is 322 g/mol. The maximum atomic E-state index is 12.2. The van der Waals surface area contributed by atoms with Gasteiger partial charge < -0.3 is 10.1 Å². The van der Waals surface area contributed by atoms with E-state index in [1.807, 2.05) is 12.1 Å². The van der Waals surface area contributed by atoms with E-state index in [2.05, 4.69) is 5.32 Å². The van der Waals surface area contributed by atoms with E-state index in [1.165, 1.54) is 13.2 Å². The number of nitrogens with one attached hydrogen (secondary N) is 1. The maximum Gasteiger partial charge on any atom is 0.331 e. The summed E-state index contributed by atoms with van der Waals surface area (Å²) in [6, 6.07) is 7.21. The zero-order valence-electron chi connectivity index (χ0n) is 12.6. The predicted octanol–water partition coefficient (Wildman–Crippen LogP) is 3.35. The van der Waals surface area contributed by atoms with Gasteiger partial charge in [-0.05, 0) is 36.6 Å². The van der Waals surface area contributed by atoms with E-state index in [-0.39, 0.29) is 11.9 Å². The number of ether oxygens (including phenoxy) is 1. The Bertz CT molecular complexity index is 577. The minimum atomic E-state index is -0.886. The van der Waals surface area contributed by atoms with Crippen LogP contribution in [0.1, 0.15) is 37.7 Å². The molecule has 0 saturated heterocycles. The van der Waals surface area contributed by atoms with Crippen LogP contribution < -0.4 is 5.32 Å². The third kappa shape index (κ3) is 4.10. The van der Waals surface area contributed by atoms with Gasteiger partial charge in [-0.2, -0.15) is 0 Å². The number of carbonyl (C=O) groups is 2. The lowest BCUT2D eigenvalue weighted by Crippen LogP contribution is -2.55. The number of carbonyl (C=O) groups excluding carboxylic acids is 2.